The van der Waals surface area contributed by atoms with E-state index in [-0.39, 0.29) is 5.91 Å². The van der Waals surface area contributed by atoms with E-state index in [2.05, 4.69) is 25.7 Å². The van der Waals surface area contributed by atoms with Crippen LogP contribution in [0.25, 0.3) is 17.1 Å². The van der Waals surface area contributed by atoms with Crippen LogP contribution in [-0.4, -0.2) is 30.8 Å². The van der Waals surface area contributed by atoms with Crippen LogP contribution in [0.3, 0.4) is 0 Å². The molecule has 1 amide bonds. The van der Waals surface area contributed by atoms with Crippen molar-refractivity contribution in [3.63, 3.8) is 0 Å². The van der Waals surface area contributed by atoms with Crippen molar-refractivity contribution in [2.45, 2.75) is 17.8 Å². The van der Waals surface area contributed by atoms with Crippen LogP contribution in [0.15, 0.2) is 57.1 Å². The fraction of sp³-hybridized carbons (Fsp3) is 0.118. The van der Waals surface area contributed by atoms with Gasteiger partial charge in [0, 0.05) is 23.6 Å². The summed E-state index contributed by atoms with van der Waals surface area (Å²) in [4.78, 5) is 15.7. The summed E-state index contributed by atoms with van der Waals surface area (Å²) in [6.45, 7) is 1.47. The Morgan fingerprint density at radius 2 is 2.30 bits per heavy atom. The van der Waals surface area contributed by atoms with E-state index >= 15 is 0 Å². The Morgan fingerprint density at radius 1 is 1.37 bits per heavy atom. The lowest BCUT2D eigenvalue weighted by atomic mass is 10.2. The van der Waals surface area contributed by atoms with Crippen LogP contribution in [0.5, 0.6) is 0 Å². The van der Waals surface area contributed by atoms with Crippen molar-refractivity contribution in [1.29, 1.82) is 0 Å². The molecule has 0 aliphatic carbocycles. The Hall–Kier alpha value is -2.98. The number of aromatic nitrogens is 5. The zero-order valence-electron chi connectivity index (χ0n) is 14.2. The number of hydrogen-bond acceptors (Lipinski definition) is 8. The van der Waals surface area contributed by atoms with E-state index in [0.29, 0.717) is 28.3 Å². The molecule has 27 heavy (non-hydrogen) atoms. The van der Waals surface area contributed by atoms with Gasteiger partial charge in [-0.3, -0.25) is 9.36 Å². The SMILES string of the molecule is CC(=O)Nc1cccc(-n2cnnc2SCc2nc(-c3ccsc3)no2)c1. The van der Waals surface area contributed by atoms with Crippen LogP contribution < -0.4 is 5.32 Å². The van der Waals surface area contributed by atoms with Gasteiger partial charge in [-0.15, -0.1) is 10.2 Å². The van der Waals surface area contributed by atoms with Gasteiger partial charge in [0.1, 0.15) is 6.33 Å². The summed E-state index contributed by atoms with van der Waals surface area (Å²) >= 11 is 3.02. The van der Waals surface area contributed by atoms with Gasteiger partial charge in [-0.25, -0.2) is 0 Å². The molecule has 0 bridgehead atoms. The van der Waals surface area contributed by atoms with Crippen molar-refractivity contribution >= 4 is 34.7 Å². The van der Waals surface area contributed by atoms with Crippen molar-refractivity contribution in [3.8, 4) is 17.1 Å². The lowest BCUT2D eigenvalue weighted by Gasteiger charge is -2.08. The maximum absolute atomic E-state index is 11.3. The molecule has 4 rings (SSSR count). The number of carbonyl (C=O) groups excluding carboxylic acids is 1. The van der Waals surface area contributed by atoms with Gasteiger partial charge < -0.3 is 9.84 Å². The fourth-order valence-corrected chi connectivity index (χ4v) is 3.79. The van der Waals surface area contributed by atoms with Crippen LogP contribution in [0.1, 0.15) is 12.8 Å². The number of nitrogens with zero attached hydrogens (tertiary/aromatic N) is 5. The van der Waals surface area contributed by atoms with E-state index in [1.165, 1.54) is 18.7 Å². The molecule has 3 heterocycles. The number of anilines is 1. The smallest absolute Gasteiger partial charge is 0.237 e. The minimum absolute atomic E-state index is 0.122. The number of rotatable bonds is 6. The topological polar surface area (TPSA) is 98.7 Å². The minimum atomic E-state index is -0.122. The molecule has 0 radical (unpaired) electrons. The molecule has 8 nitrogen and oxygen atoms in total. The number of thiophene rings is 1. The zero-order chi connectivity index (χ0) is 18.6. The molecular weight excluding hydrogens is 384 g/mol. The quantitative estimate of drug-likeness (QED) is 0.495. The molecule has 0 aliphatic heterocycles. The largest absolute Gasteiger partial charge is 0.338 e. The van der Waals surface area contributed by atoms with E-state index in [1.807, 2.05) is 45.7 Å². The highest BCUT2D eigenvalue weighted by molar-refractivity contribution is 7.98. The highest BCUT2D eigenvalue weighted by Crippen LogP contribution is 2.25. The second-order valence-corrected chi connectivity index (χ2v) is 7.25. The molecule has 0 atom stereocenters. The van der Waals surface area contributed by atoms with Gasteiger partial charge in [-0.05, 0) is 29.6 Å². The van der Waals surface area contributed by atoms with Crippen molar-refractivity contribution in [2.24, 2.45) is 0 Å². The van der Waals surface area contributed by atoms with Gasteiger partial charge in [0.15, 0.2) is 5.16 Å². The van der Waals surface area contributed by atoms with Gasteiger partial charge in [0.2, 0.25) is 17.6 Å². The molecule has 3 aromatic heterocycles. The van der Waals surface area contributed by atoms with Crippen LogP contribution >= 0.6 is 23.1 Å². The summed E-state index contributed by atoms with van der Waals surface area (Å²) in [5, 5.41) is 19.5. The Bertz CT molecular complexity index is 1060. The molecule has 0 fully saturated rings. The summed E-state index contributed by atoms with van der Waals surface area (Å²) in [6, 6.07) is 9.41. The number of thioether (sulfide) groups is 1. The third-order valence-electron chi connectivity index (χ3n) is 3.53. The van der Waals surface area contributed by atoms with E-state index in [9.17, 15) is 4.79 Å². The number of benzene rings is 1. The van der Waals surface area contributed by atoms with E-state index < -0.39 is 0 Å². The predicted molar refractivity (Wildman–Crippen MR) is 103 cm³/mol. The average molecular weight is 398 g/mol. The number of hydrogen-bond donors (Lipinski definition) is 1. The van der Waals surface area contributed by atoms with Crippen LogP contribution in [0, 0.1) is 0 Å². The number of nitrogens with one attached hydrogen (secondary N) is 1. The molecule has 4 aromatic rings. The van der Waals surface area contributed by atoms with Crippen molar-refractivity contribution < 1.29 is 9.32 Å². The van der Waals surface area contributed by atoms with Crippen molar-refractivity contribution in [2.75, 3.05) is 5.32 Å². The normalized spacial score (nSPS) is 10.9. The van der Waals surface area contributed by atoms with Crippen molar-refractivity contribution in [1.82, 2.24) is 24.9 Å². The second kappa shape index (κ2) is 7.72. The lowest BCUT2D eigenvalue weighted by Crippen LogP contribution is -2.06. The first-order chi connectivity index (χ1) is 13.2. The van der Waals surface area contributed by atoms with Gasteiger partial charge in [0.25, 0.3) is 0 Å². The fourth-order valence-electron chi connectivity index (χ4n) is 2.39. The second-order valence-electron chi connectivity index (χ2n) is 5.53. The highest BCUT2D eigenvalue weighted by Gasteiger charge is 2.13. The summed E-state index contributed by atoms with van der Waals surface area (Å²) < 4.78 is 7.15. The number of amides is 1. The molecule has 0 unspecified atom stereocenters. The molecular formula is C17H14N6O2S2. The van der Waals surface area contributed by atoms with Crippen LogP contribution in [-0.2, 0) is 10.5 Å². The van der Waals surface area contributed by atoms with Crippen LogP contribution in [0.2, 0.25) is 0 Å². The highest BCUT2D eigenvalue weighted by atomic mass is 32.2. The maximum Gasteiger partial charge on any atom is 0.237 e. The van der Waals surface area contributed by atoms with E-state index in [1.54, 1.807) is 17.7 Å². The maximum atomic E-state index is 11.3. The summed E-state index contributed by atoms with van der Waals surface area (Å²) in [5.41, 5.74) is 2.50. The Balaban J connectivity index is 1.49. The molecule has 1 aromatic carbocycles. The number of carbonyl (C=O) groups is 1. The third-order valence-corrected chi connectivity index (χ3v) is 5.14. The summed E-state index contributed by atoms with van der Waals surface area (Å²) in [7, 11) is 0. The third kappa shape index (κ3) is 4.07. The minimum Gasteiger partial charge on any atom is -0.338 e. The molecule has 0 saturated carbocycles. The lowest BCUT2D eigenvalue weighted by molar-refractivity contribution is -0.114. The first-order valence-electron chi connectivity index (χ1n) is 7.95. The molecule has 0 spiro atoms. The standard InChI is InChI=1S/C17H14N6O2S2/c1-11(24)19-13-3-2-4-14(7-13)23-10-18-21-17(23)27-9-15-20-16(22-25-15)12-5-6-26-8-12/h2-8,10H,9H2,1H3,(H,19,24). The zero-order valence-corrected chi connectivity index (χ0v) is 15.8. The van der Waals surface area contributed by atoms with Gasteiger partial charge >= 0.3 is 0 Å². The van der Waals surface area contributed by atoms with E-state index in [4.69, 9.17) is 4.52 Å². The Kier molecular flexibility index (Phi) is 4.99. The van der Waals surface area contributed by atoms with Crippen molar-refractivity contribution in [3.05, 3.63) is 53.3 Å². The van der Waals surface area contributed by atoms with Gasteiger partial charge in [-0.1, -0.05) is 23.0 Å². The molecule has 10 heteroatoms. The Morgan fingerprint density at radius 3 is 3.11 bits per heavy atom. The van der Waals surface area contributed by atoms with Gasteiger partial charge in [0.05, 0.1) is 11.4 Å². The molecule has 0 saturated heterocycles. The van der Waals surface area contributed by atoms with Gasteiger partial charge in [-0.2, -0.15) is 16.3 Å². The first-order valence-corrected chi connectivity index (χ1v) is 9.88. The molecule has 0 aliphatic rings. The first kappa shape index (κ1) is 17.4. The Labute approximate surface area is 162 Å². The molecule has 136 valence electrons. The van der Waals surface area contributed by atoms with Crippen LogP contribution in [0.4, 0.5) is 5.69 Å². The summed E-state index contributed by atoms with van der Waals surface area (Å²) in [5.74, 6) is 1.45. The average Bonchev–Trinajstić information content (AvgIpc) is 3.39. The molecule has 1 N–H and O–H groups in total. The summed E-state index contributed by atoms with van der Waals surface area (Å²) in [6.07, 6.45) is 1.62. The predicted octanol–water partition coefficient (Wildman–Crippen LogP) is 3.63. The monoisotopic (exact) mass is 398 g/mol. The van der Waals surface area contributed by atoms with E-state index in [0.717, 1.165) is 11.3 Å².